The lowest BCUT2D eigenvalue weighted by Crippen LogP contribution is -2.45. The molecule has 1 amide bonds. The molecular weight excluding hydrogens is 828 g/mol. The van der Waals surface area contributed by atoms with Gasteiger partial charge >= 0.3 is 0 Å². The lowest BCUT2D eigenvalue weighted by atomic mass is 10.0. The van der Waals surface area contributed by atoms with Crippen molar-refractivity contribution in [2.24, 2.45) is 0 Å². The van der Waals surface area contributed by atoms with Crippen LogP contribution in [0.15, 0.2) is 48.6 Å². The van der Waals surface area contributed by atoms with E-state index in [0.717, 1.165) is 44.9 Å². The van der Waals surface area contributed by atoms with E-state index in [1.807, 2.05) is 27.2 Å². The van der Waals surface area contributed by atoms with Gasteiger partial charge in [0, 0.05) is 6.42 Å². The molecule has 0 aliphatic heterocycles. The number of allylic oxidation sites excluding steroid dienone is 7. The zero-order valence-corrected chi connectivity index (χ0v) is 44.3. The molecule has 0 aliphatic carbocycles. The van der Waals surface area contributed by atoms with Crippen molar-refractivity contribution in [3.63, 3.8) is 0 Å². The quantitative estimate of drug-likeness (QED) is 0.0272. The Balaban J connectivity index is 4.33. The van der Waals surface area contributed by atoms with Crippen LogP contribution in [0.25, 0.3) is 0 Å². The van der Waals surface area contributed by atoms with Gasteiger partial charge in [0.15, 0.2) is 0 Å². The average Bonchev–Trinajstić information content (AvgIpc) is 3.26. The number of phosphoric acid groups is 1. The van der Waals surface area contributed by atoms with E-state index in [2.05, 4.69) is 55.6 Å². The van der Waals surface area contributed by atoms with Crippen molar-refractivity contribution in [1.82, 2.24) is 5.32 Å². The van der Waals surface area contributed by atoms with Crippen molar-refractivity contribution >= 4 is 13.7 Å². The first-order chi connectivity index (χ1) is 31.5. The Morgan fingerprint density at radius 3 is 1.25 bits per heavy atom. The summed E-state index contributed by atoms with van der Waals surface area (Å²) in [6.45, 7) is 4.63. The highest BCUT2D eigenvalue weighted by atomic mass is 31.2. The molecule has 0 rings (SSSR count). The number of unbranched alkanes of at least 4 members (excludes halogenated alkanes) is 31. The first-order valence-electron chi connectivity index (χ1n) is 27.5. The maximum Gasteiger partial charge on any atom is 0.268 e. The van der Waals surface area contributed by atoms with E-state index in [0.29, 0.717) is 17.4 Å². The minimum atomic E-state index is -4.61. The summed E-state index contributed by atoms with van der Waals surface area (Å²) < 4.78 is 23.3. The number of amides is 1. The largest absolute Gasteiger partial charge is 0.756 e. The summed E-state index contributed by atoms with van der Waals surface area (Å²) in [5, 5.41) is 13.8. The summed E-state index contributed by atoms with van der Waals surface area (Å²) in [6.07, 6.45) is 61.8. The fourth-order valence-electron chi connectivity index (χ4n) is 7.89. The Hall–Kier alpha value is -1.54. The lowest BCUT2D eigenvalue weighted by Gasteiger charge is -2.29. The minimum absolute atomic E-state index is 0.00982. The van der Waals surface area contributed by atoms with Gasteiger partial charge < -0.3 is 28.8 Å². The molecule has 0 aromatic rings. The minimum Gasteiger partial charge on any atom is -0.756 e. The second-order valence-electron chi connectivity index (χ2n) is 19.9. The Morgan fingerprint density at radius 1 is 0.523 bits per heavy atom. The summed E-state index contributed by atoms with van der Waals surface area (Å²) >= 11 is 0. The fraction of sp³-hybridized carbons (Fsp3) is 0.839. The number of rotatable bonds is 50. The number of hydrogen-bond acceptors (Lipinski definition) is 6. The van der Waals surface area contributed by atoms with Gasteiger partial charge in [-0.1, -0.05) is 223 Å². The van der Waals surface area contributed by atoms with Crippen molar-refractivity contribution in [2.45, 2.75) is 264 Å². The number of likely N-dealkylation sites (N-methyl/N-ethyl adjacent to an activating group) is 1. The molecule has 0 heterocycles. The van der Waals surface area contributed by atoms with Crippen LogP contribution in [0.1, 0.15) is 251 Å². The summed E-state index contributed by atoms with van der Waals surface area (Å²) in [5.41, 5.74) is 0. The van der Waals surface area contributed by atoms with Gasteiger partial charge in [-0.2, -0.15) is 0 Å². The van der Waals surface area contributed by atoms with Gasteiger partial charge in [-0.25, -0.2) is 0 Å². The van der Waals surface area contributed by atoms with E-state index in [-0.39, 0.29) is 12.5 Å². The third-order valence-corrected chi connectivity index (χ3v) is 13.2. The van der Waals surface area contributed by atoms with Crippen LogP contribution in [0.5, 0.6) is 0 Å². The zero-order valence-electron chi connectivity index (χ0n) is 43.4. The molecular formula is C56H107N2O6P. The SMILES string of the molecule is CCCCCCCC/C=C\CCCCCCCCCCCC(=O)NC(COP(=O)([O-])OCC[N+](C)(C)C)C(O)/C=C/CC/C=C/CC/C=C/CCCCCCCCCCCCCCCC. The molecule has 0 saturated heterocycles. The van der Waals surface area contributed by atoms with Gasteiger partial charge in [0.05, 0.1) is 39.9 Å². The Kier molecular flexibility index (Phi) is 46.4. The molecule has 0 fully saturated rings. The van der Waals surface area contributed by atoms with Crippen LogP contribution in [0, 0.1) is 0 Å². The molecule has 0 bridgehead atoms. The highest BCUT2D eigenvalue weighted by Crippen LogP contribution is 2.38. The monoisotopic (exact) mass is 935 g/mol. The van der Waals surface area contributed by atoms with E-state index in [1.165, 1.54) is 186 Å². The molecule has 0 spiro atoms. The standard InChI is InChI=1S/C56H107N2O6P/c1-6-8-10-12-14-16-18-20-22-24-26-27-28-29-30-32-33-35-37-39-41-43-45-47-49-55(59)54(53-64-65(61,62)63-52-51-58(3,4)5)57-56(60)50-48-46-44-42-40-38-36-34-31-25-23-21-19-17-15-13-11-9-7-2/h21,23,32-33,39,41,47,49,54-55,59H,6-20,22,24-31,34-38,40,42-46,48,50-53H2,1-5H3,(H-,57,60,61,62)/b23-21-,33-32+,41-39+,49-47+. The molecule has 3 atom stereocenters. The predicted molar refractivity (Wildman–Crippen MR) is 279 cm³/mol. The Morgan fingerprint density at radius 2 is 0.862 bits per heavy atom. The van der Waals surface area contributed by atoms with Crippen LogP contribution >= 0.6 is 7.82 Å². The topological polar surface area (TPSA) is 108 Å². The number of carbonyl (C=O) groups is 1. The summed E-state index contributed by atoms with van der Waals surface area (Å²) in [5.74, 6) is -0.213. The van der Waals surface area contributed by atoms with Gasteiger partial charge in [-0.3, -0.25) is 9.36 Å². The van der Waals surface area contributed by atoms with Crippen molar-refractivity contribution in [1.29, 1.82) is 0 Å². The maximum atomic E-state index is 12.9. The number of aliphatic hydroxyl groups is 1. The smallest absolute Gasteiger partial charge is 0.268 e. The van der Waals surface area contributed by atoms with Crippen LogP contribution < -0.4 is 10.2 Å². The molecule has 8 nitrogen and oxygen atoms in total. The maximum absolute atomic E-state index is 12.9. The summed E-state index contributed by atoms with van der Waals surface area (Å²) in [6, 6.07) is -0.911. The average molecular weight is 935 g/mol. The first kappa shape index (κ1) is 63.5. The van der Waals surface area contributed by atoms with Gasteiger partial charge in [-0.15, -0.1) is 0 Å². The van der Waals surface area contributed by atoms with E-state index in [9.17, 15) is 19.4 Å². The van der Waals surface area contributed by atoms with Crippen LogP contribution in [0.3, 0.4) is 0 Å². The van der Waals surface area contributed by atoms with Gasteiger partial charge in [-0.05, 0) is 70.6 Å². The number of nitrogens with zero attached hydrogens (tertiary/aromatic N) is 1. The number of carbonyl (C=O) groups excluding carboxylic acids is 1. The molecule has 9 heteroatoms. The molecule has 382 valence electrons. The Bertz CT molecular complexity index is 1200. The van der Waals surface area contributed by atoms with Crippen LogP contribution in [0.2, 0.25) is 0 Å². The van der Waals surface area contributed by atoms with E-state index in [1.54, 1.807) is 6.08 Å². The van der Waals surface area contributed by atoms with Gasteiger partial charge in [0.25, 0.3) is 7.82 Å². The number of aliphatic hydroxyl groups excluding tert-OH is 1. The van der Waals surface area contributed by atoms with E-state index >= 15 is 0 Å². The van der Waals surface area contributed by atoms with Gasteiger partial charge in [0.1, 0.15) is 13.2 Å². The first-order valence-corrected chi connectivity index (χ1v) is 29.0. The van der Waals surface area contributed by atoms with Gasteiger partial charge in [0.2, 0.25) is 5.91 Å². The summed E-state index contributed by atoms with van der Waals surface area (Å²) in [4.78, 5) is 25.4. The normalized spacial score (nSPS) is 14.4. The molecule has 0 aromatic heterocycles. The number of phosphoric ester groups is 1. The zero-order chi connectivity index (χ0) is 47.8. The second kappa shape index (κ2) is 47.5. The number of hydrogen-bond donors (Lipinski definition) is 2. The van der Waals surface area contributed by atoms with E-state index in [4.69, 9.17) is 9.05 Å². The fourth-order valence-corrected chi connectivity index (χ4v) is 8.61. The molecule has 65 heavy (non-hydrogen) atoms. The molecule has 0 aliphatic rings. The molecule has 0 aromatic carbocycles. The van der Waals surface area contributed by atoms with Crippen LogP contribution in [0.4, 0.5) is 0 Å². The van der Waals surface area contributed by atoms with E-state index < -0.39 is 26.6 Å². The number of quaternary nitrogens is 1. The lowest BCUT2D eigenvalue weighted by molar-refractivity contribution is -0.870. The molecule has 2 N–H and O–H groups in total. The Labute approximate surface area is 403 Å². The van der Waals surface area contributed by atoms with Crippen molar-refractivity contribution in [3.05, 3.63) is 48.6 Å². The predicted octanol–water partition coefficient (Wildman–Crippen LogP) is 15.7. The van der Waals surface area contributed by atoms with Crippen molar-refractivity contribution in [3.8, 4) is 0 Å². The highest BCUT2D eigenvalue weighted by molar-refractivity contribution is 7.45. The third-order valence-electron chi connectivity index (χ3n) is 12.2. The molecule has 3 unspecified atom stereocenters. The molecule has 0 radical (unpaired) electrons. The van der Waals surface area contributed by atoms with Crippen LogP contribution in [-0.2, 0) is 18.4 Å². The van der Waals surface area contributed by atoms with Crippen LogP contribution in [-0.4, -0.2) is 68.5 Å². The van der Waals surface area contributed by atoms with Crippen molar-refractivity contribution in [2.75, 3.05) is 40.9 Å². The second-order valence-corrected chi connectivity index (χ2v) is 21.3. The molecule has 0 saturated carbocycles. The van der Waals surface area contributed by atoms with Crippen molar-refractivity contribution < 1.29 is 32.9 Å². The summed E-state index contributed by atoms with van der Waals surface area (Å²) in [7, 11) is 1.24. The highest BCUT2D eigenvalue weighted by Gasteiger charge is 2.23. The number of nitrogens with one attached hydrogen (secondary N) is 1. The third kappa shape index (κ3) is 50.2.